The normalized spacial score (nSPS) is 11.3. The molecule has 0 fully saturated rings. The van der Waals surface area contributed by atoms with Crippen LogP contribution in [0.4, 0.5) is 18.0 Å². The van der Waals surface area contributed by atoms with Crippen molar-refractivity contribution in [2.45, 2.75) is 19.6 Å². The van der Waals surface area contributed by atoms with Gasteiger partial charge in [0, 0.05) is 11.6 Å². The van der Waals surface area contributed by atoms with Crippen molar-refractivity contribution in [1.29, 1.82) is 0 Å². The van der Waals surface area contributed by atoms with E-state index in [1.807, 2.05) is 31.2 Å². The molecule has 8 heteroatoms. The summed E-state index contributed by atoms with van der Waals surface area (Å²) in [5.74, 6) is 0.345. The summed E-state index contributed by atoms with van der Waals surface area (Å²) in [4.78, 5) is 11.2. The van der Waals surface area contributed by atoms with Gasteiger partial charge in [-0.15, -0.1) is 0 Å². The molecule has 0 aliphatic rings. The van der Waals surface area contributed by atoms with Gasteiger partial charge >= 0.3 is 12.2 Å². The predicted octanol–water partition coefficient (Wildman–Crippen LogP) is 3.01. The third kappa shape index (κ3) is 4.80. The molecule has 0 atom stereocenters. The van der Waals surface area contributed by atoms with E-state index < -0.39 is 18.8 Å². The fraction of sp³-hybridized carbons (Fsp3) is 0.286. The first kappa shape index (κ1) is 15.9. The molecule has 0 saturated heterocycles. The lowest BCUT2D eigenvalue weighted by molar-refractivity contribution is -0.122. The Morgan fingerprint density at radius 2 is 1.91 bits per heavy atom. The molecule has 0 radical (unpaired) electrons. The Bertz CT molecular complexity index is 636. The quantitative estimate of drug-likeness (QED) is 0.912. The Balaban J connectivity index is 1.87. The second-order valence-corrected chi connectivity index (χ2v) is 4.70. The monoisotopic (exact) mass is 313 g/mol. The number of nitrogens with one attached hydrogen (secondary N) is 2. The van der Waals surface area contributed by atoms with Crippen LogP contribution in [0.5, 0.6) is 0 Å². The molecule has 0 aliphatic heterocycles. The minimum atomic E-state index is -4.44. The maximum atomic E-state index is 11.9. The van der Waals surface area contributed by atoms with E-state index in [0.29, 0.717) is 11.5 Å². The Labute approximate surface area is 124 Å². The fourth-order valence-electron chi connectivity index (χ4n) is 1.67. The summed E-state index contributed by atoms with van der Waals surface area (Å²) >= 11 is 0. The molecule has 0 spiro atoms. The second kappa shape index (κ2) is 6.50. The van der Waals surface area contributed by atoms with Crippen LogP contribution in [-0.4, -0.2) is 23.9 Å². The summed E-state index contributed by atoms with van der Waals surface area (Å²) in [6, 6.07) is 8.29. The number of hydrogen-bond donors (Lipinski definition) is 2. The summed E-state index contributed by atoms with van der Waals surface area (Å²) in [5.41, 5.74) is 2.55. The summed E-state index contributed by atoms with van der Waals surface area (Å²) in [7, 11) is 0. The number of aromatic nitrogens is 1. The van der Waals surface area contributed by atoms with E-state index in [-0.39, 0.29) is 6.54 Å². The van der Waals surface area contributed by atoms with Gasteiger partial charge in [-0.3, -0.25) is 0 Å². The number of aryl methyl sites for hydroxylation is 1. The van der Waals surface area contributed by atoms with Crippen LogP contribution in [-0.2, 0) is 6.54 Å². The van der Waals surface area contributed by atoms with Gasteiger partial charge in [-0.1, -0.05) is 35.0 Å². The first-order chi connectivity index (χ1) is 10.3. The highest BCUT2D eigenvalue weighted by Gasteiger charge is 2.27. The Hall–Kier alpha value is -2.51. The van der Waals surface area contributed by atoms with Gasteiger partial charge in [0.2, 0.25) is 0 Å². The molecule has 0 unspecified atom stereocenters. The zero-order chi connectivity index (χ0) is 16.2. The minimum absolute atomic E-state index is 0.0530. The zero-order valence-electron chi connectivity index (χ0n) is 11.7. The summed E-state index contributed by atoms with van der Waals surface area (Å²) in [6.45, 7) is 0.522. The van der Waals surface area contributed by atoms with Crippen LogP contribution in [0.15, 0.2) is 34.9 Å². The van der Waals surface area contributed by atoms with Crippen LogP contribution in [0, 0.1) is 6.92 Å². The van der Waals surface area contributed by atoms with Gasteiger partial charge in [-0.2, -0.15) is 13.2 Å². The van der Waals surface area contributed by atoms with Gasteiger partial charge in [0.25, 0.3) is 0 Å². The molecule has 0 bridgehead atoms. The third-order valence-corrected chi connectivity index (χ3v) is 2.78. The SMILES string of the molecule is Cc1ccc(-c2cc(CNC(=O)NCC(F)(F)F)on2)cc1. The number of carbonyl (C=O) groups is 1. The molecule has 5 nitrogen and oxygen atoms in total. The molecule has 2 amide bonds. The van der Waals surface area contributed by atoms with E-state index >= 15 is 0 Å². The van der Waals surface area contributed by atoms with Crippen molar-refractivity contribution in [2.24, 2.45) is 0 Å². The molecule has 2 aromatic rings. The standard InChI is InChI=1S/C14H14F3N3O2/c1-9-2-4-10(5-3-9)12-6-11(22-20-12)7-18-13(21)19-8-14(15,16)17/h2-6H,7-8H2,1H3,(H2,18,19,21). The van der Waals surface area contributed by atoms with Gasteiger partial charge in [0.15, 0.2) is 5.76 Å². The molecule has 1 heterocycles. The topological polar surface area (TPSA) is 67.2 Å². The highest BCUT2D eigenvalue weighted by Crippen LogP contribution is 2.19. The van der Waals surface area contributed by atoms with Crippen molar-refractivity contribution in [2.75, 3.05) is 6.54 Å². The van der Waals surface area contributed by atoms with Crippen molar-refractivity contribution >= 4 is 6.03 Å². The van der Waals surface area contributed by atoms with Crippen molar-refractivity contribution in [3.8, 4) is 11.3 Å². The van der Waals surface area contributed by atoms with Crippen LogP contribution in [0.3, 0.4) is 0 Å². The van der Waals surface area contributed by atoms with Crippen molar-refractivity contribution < 1.29 is 22.5 Å². The Kier molecular flexibility index (Phi) is 4.69. The summed E-state index contributed by atoms with van der Waals surface area (Å²) < 4.78 is 40.8. The fourth-order valence-corrected chi connectivity index (χ4v) is 1.67. The highest BCUT2D eigenvalue weighted by atomic mass is 19.4. The number of halogens is 3. The number of alkyl halides is 3. The molecule has 22 heavy (non-hydrogen) atoms. The summed E-state index contributed by atoms with van der Waals surface area (Å²) in [6.07, 6.45) is -4.44. The smallest absolute Gasteiger partial charge is 0.359 e. The molecule has 2 rings (SSSR count). The van der Waals surface area contributed by atoms with E-state index in [0.717, 1.165) is 11.1 Å². The number of hydrogen-bond acceptors (Lipinski definition) is 3. The number of rotatable bonds is 4. The van der Waals surface area contributed by atoms with E-state index in [4.69, 9.17) is 4.52 Å². The van der Waals surface area contributed by atoms with Gasteiger partial charge < -0.3 is 15.2 Å². The van der Waals surface area contributed by atoms with Crippen molar-refractivity contribution in [1.82, 2.24) is 15.8 Å². The molecule has 1 aromatic heterocycles. The van der Waals surface area contributed by atoms with Crippen molar-refractivity contribution in [3.63, 3.8) is 0 Å². The average Bonchev–Trinajstić information content (AvgIpc) is 2.92. The number of amides is 2. The lowest BCUT2D eigenvalue weighted by Gasteiger charge is -2.08. The van der Waals surface area contributed by atoms with Gasteiger partial charge in [-0.25, -0.2) is 4.79 Å². The number of urea groups is 1. The molecule has 0 aliphatic carbocycles. The Morgan fingerprint density at radius 1 is 1.23 bits per heavy atom. The molecule has 2 N–H and O–H groups in total. The van der Waals surface area contributed by atoms with Gasteiger partial charge in [0.05, 0.1) is 6.54 Å². The number of nitrogens with zero attached hydrogens (tertiary/aromatic N) is 1. The molecule has 0 saturated carbocycles. The summed E-state index contributed by atoms with van der Waals surface area (Å²) in [5, 5.41) is 7.81. The van der Waals surface area contributed by atoms with Crippen LogP contribution in [0.25, 0.3) is 11.3 Å². The van der Waals surface area contributed by atoms with Gasteiger partial charge in [-0.05, 0) is 6.92 Å². The maximum Gasteiger partial charge on any atom is 0.405 e. The molecule has 118 valence electrons. The molecule has 1 aromatic carbocycles. The lowest BCUT2D eigenvalue weighted by atomic mass is 10.1. The largest absolute Gasteiger partial charge is 0.405 e. The maximum absolute atomic E-state index is 11.9. The van der Waals surface area contributed by atoms with E-state index in [1.54, 1.807) is 11.4 Å². The Morgan fingerprint density at radius 3 is 2.55 bits per heavy atom. The van der Waals surface area contributed by atoms with Crippen LogP contribution < -0.4 is 10.6 Å². The first-order valence-electron chi connectivity index (χ1n) is 6.44. The van der Waals surface area contributed by atoms with E-state index in [2.05, 4.69) is 10.5 Å². The van der Waals surface area contributed by atoms with Gasteiger partial charge in [0.1, 0.15) is 12.2 Å². The van der Waals surface area contributed by atoms with E-state index in [9.17, 15) is 18.0 Å². The predicted molar refractivity (Wildman–Crippen MR) is 73.0 cm³/mol. The van der Waals surface area contributed by atoms with Crippen molar-refractivity contribution in [3.05, 3.63) is 41.7 Å². The number of carbonyl (C=O) groups excluding carboxylic acids is 1. The third-order valence-electron chi connectivity index (χ3n) is 2.78. The molecular weight excluding hydrogens is 299 g/mol. The number of benzene rings is 1. The lowest BCUT2D eigenvalue weighted by Crippen LogP contribution is -2.40. The van der Waals surface area contributed by atoms with Crippen LogP contribution in [0.1, 0.15) is 11.3 Å². The minimum Gasteiger partial charge on any atom is -0.359 e. The van der Waals surface area contributed by atoms with Crippen LogP contribution >= 0.6 is 0 Å². The zero-order valence-corrected chi connectivity index (χ0v) is 11.7. The van der Waals surface area contributed by atoms with E-state index in [1.165, 1.54) is 0 Å². The highest BCUT2D eigenvalue weighted by molar-refractivity contribution is 5.73. The van der Waals surface area contributed by atoms with Crippen LogP contribution in [0.2, 0.25) is 0 Å². The molecular formula is C14H14F3N3O2. The second-order valence-electron chi connectivity index (χ2n) is 4.70. The average molecular weight is 313 g/mol. The first-order valence-corrected chi connectivity index (χ1v) is 6.44.